The lowest BCUT2D eigenvalue weighted by Gasteiger charge is -2.36. The summed E-state index contributed by atoms with van der Waals surface area (Å²) in [6.45, 7) is 11.7. The van der Waals surface area contributed by atoms with Gasteiger partial charge >= 0.3 is 0 Å². The van der Waals surface area contributed by atoms with Crippen molar-refractivity contribution in [3.8, 4) is 5.82 Å². The van der Waals surface area contributed by atoms with Crippen molar-refractivity contribution in [2.45, 2.75) is 27.7 Å². The fourth-order valence-electron chi connectivity index (χ4n) is 3.48. The van der Waals surface area contributed by atoms with Crippen LogP contribution in [-0.2, 0) is 0 Å². The van der Waals surface area contributed by atoms with Crippen LogP contribution in [-0.4, -0.2) is 55.9 Å². The van der Waals surface area contributed by atoms with Crippen molar-refractivity contribution in [2.24, 2.45) is 0 Å². The van der Waals surface area contributed by atoms with Crippen LogP contribution in [0.1, 0.15) is 22.6 Å². The summed E-state index contributed by atoms with van der Waals surface area (Å²) in [4.78, 5) is 22.2. The lowest BCUT2D eigenvalue weighted by atomic mass is 10.2. The van der Waals surface area contributed by atoms with Gasteiger partial charge in [-0.1, -0.05) is 0 Å². The highest BCUT2D eigenvalue weighted by Crippen LogP contribution is 2.22. The Kier molecular flexibility index (Phi) is 4.47. The molecule has 0 spiro atoms. The second kappa shape index (κ2) is 6.94. The summed E-state index contributed by atoms with van der Waals surface area (Å²) in [5.74, 6) is 2.77. The standard InChI is InChI=1S/C19H24N8/c1-13-9-14(2)27(24-13)18-10-17(21-12-22-18)25-5-7-26(8-6-25)19-15(3)16(4)20-11-23-19/h9-12H,5-8H2,1-4H3. The summed E-state index contributed by atoms with van der Waals surface area (Å²) in [5, 5.41) is 4.52. The van der Waals surface area contributed by atoms with E-state index in [1.807, 2.05) is 37.6 Å². The molecule has 0 saturated carbocycles. The van der Waals surface area contributed by atoms with Gasteiger partial charge in [0.05, 0.1) is 5.69 Å². The lowest BCUT2D eigenvalue weighted by molar-refractivity contribution is 0.637. The molecule has 1 fully saturated rings. The van der Waals surface area contributed by atoms with Gasteiger partial charge in [0, 0.05) is 49.2 Å². The summed E-state index contributed by atoms with van der Waals surface area (Å²) < 4.78 is 1.86. The maximum absolute atomic E-state index is 4.52. The molecule has 4 rings (SSSR count). The van der Waals surface area contributed by atoms with Crippen molar-refractivity contribution < 1.29 is 0 Å². The molecule has 8 heteroatoms. The molecule has 140 valence electrons. The van der Waals surface area contributed by atoms with Gasteiger partial charge in [-0.15, -0.1) is 0 Å². The van der Waals surface area contributed by atoms with Gasteiger partial charge in [0.25, 0.3) is 0 Å². The predicted molar refractivity (Wildman–Crippen MR) is 105 cm³/mol. The van der Waals surface area contributed by atoms with Crippen LogP contribution >= 0.6 is 0 Å². The van der Waals surface area contributed by atoms with Crippen molar-refractivity contribution in [1.29, 1.82) is 0 Å². The number of aryl methyl sites for hydroxylation is 3. The Morgan fingerprint density at radius 1 is 0.741 bits per heavy atom. The minimum atomic E-state index is 0.801. The molecule has 0 bridgehead atoms. The molecule has 1 saturated heterocycles. The van der Waals surface area contributed by atoms with Crippen LogP contribution in [0.4, 0.5) is 11.6 Å². The molecule has 1 aliphatic heterocycles. The van der Waals surface area contributed by atoms with Crippen molar-refractivity contribution in [1.82, 2.24) is 29.7 Å². The van der Waals surface area contributed by atoms with Crippen LogP contribution in [0.2, 0.25) is 0 Å². The van der Waals surface area contributed by atoms with Crippen molar-refractivity contribution in [3.05, 3.63) is 47.4 Å². The largest absolute Gasteiger partial charge is 0.353 e. The molecule has 0 atom stereocenters. The zero-order valence-corrected chi connectivity index (χ0v) is 16.2. The van der Waals surface area contributed by atoms with E-state index in [9.17, 15) is 0 Å². The summed E-state index contributed by atoms with van der Waals surface area (Å²) in [7, 11) is 0. The third kappa shape index (κ3) is 3.34. The van der Waals surface area contributed by atoms with E-state index >= 15 is 0 Å². The molecule has 0 amide bonds. The molecule has 3 aromatic rings. The molecular formula is C19H24N8. The minimum absolute atomic E-state index is 0.801. The van der Waals surface area contributed by atoms with Gasteiger partial charge < -0.3 is 9.80 Å². The van der Waals surface area contributed by atoms with Crippen molar-refractivity contribution in [2.75, 3.05) is 36.0 Å². The highest BCUT2D eigenvalue weighted by atomic mass is 15.3. The number of piperazine rings is 1. The molecule has 0 unspecified atom stereocenters. The highest BCUT2D eigenvalue weighted by molar-refractivity contribution is 5.51. The van der Waals surface area contributed by atoms with Crippen LogP contribution in [0.5, 0.6) is 0 Å². The summed E-state index contributed by atoms with van der Waals surface area (Å²) >= 11 is 0. The average molecular weight is 364 g/mol. The Morgan fingerprint density at radius 3 is 2.11 bits per heavy atom. The second-order valence-electron chi connectivity index (χ2n) is 6.96. The minimum Gasteiger partial charge on any atom is -0.353 e. The Labute approximate surface area is 158 Å². The molecule has 1 aliphatic rings. The number of hydrogen-bond donors (Lipinski definition) is 0. The topological polar surface area (TPSA) is 75.9 Å². The van der Waals surface area contributed by atoms with Gasteiger partial charge in [0.1, 0.15) is 24.3 Å². The van der Waals surface area contributed by atoms with Gasteiger partial charge in [0.15, 0.2) is 5.82 Å². The first-order chi connectivity index (χ1) is 13.0. The monoisotopic (exact) mass is 364 g/mol. The lowest BCUT2D eigenvalue weighted by Crippen LogP contribution is -2.47. The highest BCUT2D eigenvalue weighted by Gasteiger charge is 2.21. The third-order valence-electron chi connectivity index (χ3n) is 5.08. The second-order valence-corrected chi connectivity index (χ2v) is 6.96. The number of hydrogen-bond acceptors (Lipinski definition) is 7. The molecule has 3 aromatic heterocycles. The van der Waals surface area contributed by atoms with Crippen LogP contribution in [0.3, 0.4) is 0 Å². The maximum atomic E-state index is 4.52. The van der Waals surface area contributed by atoms with Crippen molar-refractivity contribution >= 4 is 11.6 Å². The number of anilines is 2. The van der Waals surface area contributed by atoms with Gasteiger partial charge in [-0.05, 0) is 33.8 Å². The first kappa shape index (κ1) is 17.4. The number of aromatic nitrogens is 6. The zero-order valence-electron chi connectivity index (χ0n) is 16.2. The number of rotatable bonds is 3. The summed E-state index contributed by atoms with van der Waals surface area (Å²) in [6.07, 6.45) is 3.26. The van der Waals surface area contributed by atoms with E-state index < -0.39 is 0 Å². The van der Waals surface area contributed by atoms with E-state index in [0.717, 1.165) is 66.3 Å². The molecule has 8 nitrogen and oxygen atoms in total. The number of nitrogens with zero attached hydrogens (tertiary/aromatic N) is 8. The van der Waals surface area contributed by atoms with Crippen LogP contribution in [0.25, 0.3) is 5.82 Å². The first-order valence-electron chi connectivity index (χ1n) is 9.16. The van der Waals surface area contributed by atoms with E-state index in [1.54, 1.807) is 12.7 Å². The van der Waals surface area contributed by atoms with E-state index in [2.05, 4.69) is 41.8 Å². The SMILES string of the molecule is Cc1cc(C)n(-c2cc(N3CCN(c4ncnc(C)c4C)CC3)ncn2)n1. The van der Waals surface area contributed by atoms with Gasteiger partial charge in [0.2, 0.25) is 0 Å². The Balaban J connectivity index is 1.51. The molecule has 0 aliphatic carbocycles. The summed E-state index contributed by atoms with van der Waals surface area (Å²) in [5.41, 5.74) is 4.24. The van der Waals surface area contributed by atoms with Gasteiger partial charge in [-0.25, -0.2) is 24.6 Å². The fraction of sp³-hybridized carbons (Fsp3) is 0.421. The van der Waals surface area contributed by atoms with E-state index in [1.165, 1.54) is 0 Å². The van der Waals surface area contributed by atoms with Crippen LogP contribution in [0.15, 0.2) is 24.8 Å². The van der Waals surface area contributed by atoms with E-state index in [-0.39, 0.29) is 0 Å². The molecule has 0 aromatic carbocycles. The maximum Gasteiger partial charge on any atom is 0.159 e. The molecule has 4 heterocycles. The predicted octanol–water partition coefficient (Wildman–Crippen LogP) is 2.01. The van der Waals surface area contributed by atoms with E-state index in [4.69, 9.17) is 0 Å². The fourth-order valence-corrected chi connectivity index (χ4v) is 3.48. The van der Waals surface area contributed by atoms with Gasteiger partial charge in [-0.2, -0.15) is 5.10 Å². The molecular weight excluding hydrogens is 340 g/mol. The third-order valence-corrected chi connectivity index (χ3v) is 5.08. The van der Waals surface area contributed by atoms with E-state index in [0.29, 0.717) is 0 Å². The van der Waals surface area contributed by atoms with Crippen molar-refractivity contribution in [3.63, 3.8) is 0 Å². The normalized spacial score (nSPS) is 14.7. The molecule has 27 heavy (non-hydrogen) atoms. The molecule has 0 N–H and O–H groups in total. The molecule has 0 radical (unpaired) electrons. The Morgan fingerprint density at radius 2 is 1.41 bits per heavy atom. The zero-order chi connectivity index (χ0) is 19.0. The smallest absolute Gasteiger partial charge is 0.159 e. The summed E-state index contributed by atoms with van der Waals surface area (Å²) in [6, 6.07) is 4.06. The van der Waals surface area contributed by atoms with Crippen LogP contribution in [0, 0.1) is 27.7 Å². The quantitative estimate of drug-likeness (QED) is 0.704. The van der Waals surface area contributed by atoms with Crippen LogP contribution < -0.4 is 9.80 Å². The Hall–Kier alpha value is -3.03. The first-order valence-corrected chi connectivity index (χ1v) is 9.16. The average Bonchev–Trinajstić information content (AvgIpc) is 3.02. The Bertz CT molecular complexity index is 956. The van der Waals surface area contributed by atoms with Gasteiger partial charge in [-0.3, -0.25) is 0 Å².